The Bertz CT molecular complexity index is 898. The van der Waals surface area contributed by atoms with E-state index in [9.17, 15) is 4.79 Å². The molecule has 3 aromatic carbocycles. The van der Waals surface area contributed by atoms with E-state index < -0.39 is 0 Å². The maximum atomic E-state index is 12.8. The summed E-state index contributed by atoms with van der Waals surface area (Å²) in [5, 5.41) is 5.32. The number of amides is 1. The number of nitrogens with one attached hydrogen (secondary N) is 1. The fraction of sp³-hybridized carbons (Fsp3) is 0.190. The Labute approximate surface area is 141 Å². The number of hydrogen-bond donors (Lipinski definition) is 1. The molecule has 1 aliphatic rings. The second-order valence-corrected chi connectivity index (χ2v) is 6.26. The molecular weight excluding hydrogens is 296 g/mol. The van der Waals surface area contributed by atoms with Gasteiger partial charge in [-0.2, -0.15) is 0 Å². The number of anilines is 2. The number of fused-ring (bicyclic) bond motifs is 2. The van der Waals surface area contributed by atoms with E-state index in [1.807, 2.05) is 43.3 Å². The third kappa shape index (κ3) is 2.52. The number of carbonyl (C=O) groups is 1. The molecule has 24 heavy (non-hydrogen) atoms. The average Bonchev–Trinajstić information content (AvgIpc) is 3.05. The van der Waals surface area contributed by atoms with Crippen molar-refractivity contribution in [3.05, 3.63) is 72.3 Å². The molecule has 0 aromatic heterocycles. The van der Waals surface area contributed by atoms with Crippen LogP contribution in [0.2, 0.25) is 0 Å². The van der Waals surface area contributed by atoms with Crippen molar-refractivity contribution in [3.63, 3.8) is 0 Å². The number of nitrogens with zero attached hydrogens (tertiary/aromatic N) is 1. The van der Waals surface area contributed by atoms with Crippen molar-refractivity contribution in [1.29, 1.82) is 0 Å². The Hall–Kier alpha value is -2.81. The number of rotatable bonds is 3. The topological polar surface area (TPSA) is 32.3 Å². The van der Waals surface area contributed by atoms with Gasteiger partial charge in [0.05, 0.1) is 0 Å². The molecule has 3 nitrogen and oxygen atoms in total. The van der Waals surface area contributed by atoms with Crippen LogP contribution in [0, 0.1) is 0 Å². The van der Waals surface area contributed by atoms with Crippen LogP contribution in [0.3, 0.4) is 0 Å². The van der Waals surface area contributed by atoms with Crippen LogP contribution in [0.5, 0.6) is 0 Å². The molecule has 1 heterocycles. The average molecular weight is 316 g/mol. The van der Waals surface area contributed by atoms with Gasteiger partial charge >= 0.3 is 0 Å². The van der Waals surface area contributed by atoms with E-state index in [1.165, 1.54) is 11.3 Å². The van der Waals surface area contributed by atoms with Crippen molar-refractivity contribution in [3.8, 4) is 0 Å². The lowest BCUT2D eigenvalue weighted by Crippen LogP contribution is -2.41. The number of hydrogen-bond acceptors (Lipinski definition) is 2. The Morgan fingerprint density at radius 3 is 2.67 bits per heavy atom. The van der Waals surface area contributed by atoms with E-state index >= 15 is 0 Å². The first-order valence-corrected chi connectivity index (χ1v) is 8.37. The van der Waals surface area contributed by atoms with Crippen molar-refractivity contribution in [2.24, 2.45) is 0 Å². The minimum atomic E-state index is -0.201. The van der Waals surface area contributed by atoms with Crippen molar-refractivity contribution in [2.75, 3.05) is 16.8 Å². The molecule has 0 spiro atoms. The number of para-hydroxylation sites is 1. The smallest absolute Gasteiger partial charge is 0.246 e. The van der Waals surface area contributed by atoms with Crippen molar-refractivity contribution in [1.82, 2.24) is 0 Å². The lowest BCUT2D eigenvalue weighted by atomic mass is 10.1. The Balaban J connectivity index is 1.58. The molecule has 0 radical (unpaired) electrons. The van der Waals surface area contributed by atoms with Crippen molar-refractivity contribution < 1.29 is 4.79 Å². The lowest BCUT2D eigenvalue weighted by Gasteiger charge is -2.26. The van der Waals surface area contributed by atoms with E-state index in [2.05, 4.69) is 40.5 Å². The molecule has 0 saturated carbocycles. The quantitative estimate of drug-likeness (QED) is 0.784. The molecule has 1 N–H and O–H groups in total. The predicted molar refractivity (Wildman–Crippen MR) is 99.5 cm³/mol. The molecule has 0 unspecified atom stereocenters. The fourth-order valence-electron chi connectivity index (χ4n) is 3.48. The van der Waals surface area contributed by atoms with Gasteiger partial charge in [-0.1, -0.05) is 54.6 Å². The van der Waals surface area contributed by atoms with Crippen LogP contribution >= 0.6 is 0 Å². The third-order valence-corrected chi connectivity index (χ3v) is 4.82. The minimum absolute atomic E-state index is 0.0306. The van der Waals surface area contributed by atoms with Gasteiger partial charge in [0.25, 0.3) is 0 Å². The summed E-state index contributed by atoms with van der Waals surface area (Å²) >= 11 is 0. The summed E-state index contributed by atoms with van der Waals surface area (Å²) in [6.07, 6.45) is 1.00. The van der Waals surface area contributed by atoms with Gasteiger partial charge in [0, 0.05) is 23.3 Å². The van der Waals surface area contributed by atoms with Gasteiger partial charge < -0.3 is 10.2 Å². The summed E-state index contributed by atoms with van der Waals surface area (Å²) in [7, 11) is 0. The Morgan fingerprint density at radius 2 is 1.75 bits per heavy atom. The van der Waals surface area contributed by atoms with Gasteiger partial charge in [0.1, 0.15) is 6.04 Å². The minimum Gasteiger partial charge on any atom is -0.359 e. The third-order valence-electron chi connectivity index (χ3n) is 4.82. The molecule has 0 saturated heterocycles. The molecular formula is C21H20N2O. The summed E-state index contributed by atoms with van der Waals surface area (Å²) in [5.41, 5.74) is 3.37. The van der Waals surface area contributed by atoms with Crippen molar-refractivity contribution in [2.45, 2.75) is 19.4 Å². The normalized spacial score (nSPS) is 14.5. The molecule has 1 aliphatic heterocycles. The van der Waals surface area contributed by atoms with Gasteiger partial charge in [-0.05, 0) is 36.4 Å². The summed E-state index contributed by atoms with van der Waals surface area (Å²) in [6, 6.07) is 22.3. The summed E-state index contributed by atoms with van der Waals surface area (Å²) in [5.74, 6) is 0.0306. The van der Waals surface area contributed by atoms with Crippen LogP contribution in [0.4, 0.5) is 11.4 Å². The fourth-order valence-corrected chi connectivity index (χ4v) is 3.48. The predicted octanol–water partition coefficient (Wildman–Crippen LogP) is 4.23. The maximum Gasteiger partial charge on any atom is 0.246 e. The van der Waals surface area contributed by atoms with Gasteiger partial charge in [-0.15, -0.1) is 0 Å². The first kappa shape index (κ1) is 14.8. The van der Waals surface area contributed by atoms with E-state index in [4.69, 9.17) is 0 Å². The second-order valence-electron chi connectivity index (χ2n) is 6.26. The van der Waals surface area contributed by atoms with E-state index in [-0.39, 0.29) is 11.9 Å². The molecule has 3 heteroatoms. The number of benzene rings is 3. The molecule has 0 aliphatic carbocycles. The second kappa shape index (κ2) is 6.00. The Kier molecular flexibility index (Phi) is 3.69. The van der Waals surface area contributed by atoms with Crippen LogP contribution in [0.25, 0.3) is 10.8 Å². The highest BCUT2D eigenvalue weighted by molar-refractivity contribution is 6.04. The zero-order valence-corrected chi connectivity index (χ0v) is 13.7. The number of carbonyl (C=O) groups excluding carboxylic acids is 1. The van der Waals surface area contributed by atoms with E-state index in [1.54, 1.807) is 0 Å². The highest BCUT2D eigenvalue weighted by Gasteiger charge is 2.27. The molecule has 120 valence electrons. The van der Waals surface area contributed by atoms with E-state index in [0.717, 1.165) is 29.4 Å². The molecule has 1 amide bonds. The van der Waals surface area contributed by atoms with Crippen LogP contribution < -0.4 is 10.2 Å². The molecule has 3 aromatic rings. The molecule has 1 atom stereocenters. The van der Waals surface area contributed by atoms with Crippen LogP contribution in [-0.4, -0.2) is 18.5 Å². The maximum absolute atomic E-state index is 12.8. The van der Waals surface area contributed by atoms with Crippen LogP contribution in [0.15, 0.2) is 66.7 Å². The molecule has 0 bridgehead atoms. The largest absolute Gasteiger partial charge is 0.359 e. The zero-order chi connectivity index (χ0) is 16.5. The SMILES string of the molecule is C[C@H](C(=O)Nc1cccc2ccccc12)N1CCc2ccccc21. The summed E-state index contributed by atoms with van der Waals surface area (Å²) in [4.78, 5) is 15.0. The van der Waals surface area contributed by atoms with Gasteiger partial charge in [0.2, 0.25) is 5.91 Å². The first-order chi connectivity index (χ1) is 11.7. The summed E-state index contributed by atoms with van der Waals surface area (Å²) < 4.78 is 0. The molecule has 4 rings (SSSR count). The van der Waals surface area contributed by atoms with E-state index in [0.29, 0.717) is 0 Å². The van der Waals surface area contributed by atoms with Crippen molar-refractivity contribution >= 4 is 28.1 Å². The Morgan fingerprint density at radius 1 is 1.00 bits per heavy atom. The van der Waals surface area contributed by atoms with Gasteiger partial charge in [-0.25, -0.2) is 0 Å². The van der Waals surface area contributed by atoms with Gasteiger partial charge in [-0.3, -0.25) is 4.79 Å². The van der Waals surface area contributed by atoms with Gasteiger partial charge in [0.15, 0.2) is 0 Å². The monoisotopic (exact) mass is 316 g/mol. The van der Waals surface area contributed by atoms with Crippen LogP contribution in [-0.2, 0) is 11.2 Å². The zero-order valence-electron chi connectivity index (χ0n) is 13.7. The highest BCUT2D eigenvalue weighted by atomic mass is 16.2. The molecule has 0 fully saturated rings. The van der Waals surface area contributed by atoms with Crippen LogP contribution in [0.1, 0.15) is 12.5 Å². The lowest BCUT2D eigenvalue weighted by molar-refractivity contribution is -0.117. The summed E-state index contributed by atoms with van der Waals surface area (Å²) in [6.45, 7) is 2.87. The highest BCUT2D eigenvalue weighted by Crippen LogP contribution is 2.30. The standard InChI is InChI=1S/C21H20N2O/c1-15(23-14-13-17-8-3-5-12-20(17)23)21(24)22-19-11-6-9-16-7-2-4-10-18(16)19/h2-12,15H,13-14H2,1H3,(H,22,24)/t15-/m1/s1. The first-order valence-electron chi connectivity index (χ1n) is 8.37.